The Hall–Kier alpha value is -1.36. The number of rotatable bonds is 4. The van der Waals surface area contributed by atoms with Gasteiger partial charge in [0, 0.05) is 16.6 Å². The van der Waals surface area contributed by atoms with Crippen LogP contribution in [0.5, 0.6) is 0 Å². The first-order valence-electron chi connectivity index (χ1n) is 5.90. The standard InChI is InChI=1S/C13H16BrN3O/c1-8(2)7-15-13-16-12(17-18-13)10-5-4-9(3)6-11(10)14/h4-6,8H,7H2,1-3H3,(H,15,16,17). The summed E-state index contributed by atoms with van der Waals surface area (Å²) in [6.45, 7) is 7.11. The zero-order chi connectivity index (χ0) is 13.1. The van der Waals surface area contributed by atoms with E-state index in [1.165, 1.54) is 5.56 Å². The molecule has 0 aliphatic heterocycles. The highest BCUT2D eigenvalue weighted by molar-refractivity contribution is 9.10. The van der Waals surface area contributed by atoms with Gasteiger partial charge in [-0.2, -0.15) is 4.98 Å². The van der Waals surface area contributed by atoms with Gasteiger partial charge in [-0.05, 0) is 30.5 Å². The summed E-state index contributed by atoms with van der Waals surface area (Å²) in [6, 6.07) is 6.51. The van der Waals surface area contributed by atoms with E-state index in [9.17, 15) is 0 Å². The van der Waals surface area contributed by atoms with E-state index in [1.54, 1.807) is 0 Å². The third-order valence-electron chi connectivity index (χ3n) is 2.45. The summed E-state index contributed by atoms with van der Waals surface area (Å²) in [5.41, 5.74) is 2.12. The lowest BCUT2D eigenvalue weighted by Gasteiger charge is -2.02. The predicted molar refractivity (Wildman–Crippen MR) is 75.5 cm³/mol. The van der Waals surface area contributed by atoms with Crippen molar-refractivity contribution >= 4 is 21.9 Å². The van der Waals surface area contributed by atoms with Crippen molar-refractivity contribution in [3.8, 4) is 11.4 Å². The summed E-state index contributed by atoms with van der Waals surface area (Å²) in [6.07, 6.45) is 0. The summed E-state index contributed by atoms with van der Waals surface area (Å²) in [5, 5.41) is 7.09. The van der Waals surface area contributed by atoms with Crippen LogP contribution < -0.4 is 5.32 Å². The lowest BCUT2D eigenvalue weighted by molar-refractivity contribution is 0.429. The second-order valence-electron chi connectivity index (χ2n) is 4.68. The van der Waals surface area contributed by atoms with Crippen molar-refractivity contribution in [3.63, 3.8) is 0 Å². The fourth-order valence-electron chi connectivity index (χ4n) is 1.50. The van der Waals surface area contributed by atoms with Gasteiger partial charge < -0.3 is 9.84 Å². The third-order valence-corrected chi connectivity index (χ3v) is 3.11. The Labute approximate surface area is 115 Å². The summed E-state index contributed by atoms with van der Waals surface area (Å²) in [5.74, 6) is 1.12. The molecule has 0 radical (unpaired) electrons. The molecule has 0 aliphatic rings. The quantitative estimate of drug-likeness (QED) is 0.931. The fraction of sp³-hybridized carbons (Fsp3) is 0.385. The van der Waals surface area contributed by atoms with Crippen molar-refractivity contribution in [1.82, 2.24) is 10.1 Å². The van der Waals surface area contributed by atoms with Crippen LogP contribution in [0.2, 0.25) is 0 Å². The van der Waals surface area contributed by atoms with E-state index in [1.807, 2.05) is 25.1 Å². The van der Waals surface area contributed by atoms with Crippen molar-refractivity contribution in [2.45, 2.75) is 20.8 Å². The molecule has 4 nitrogen and oxygen atoms in total. The molecule has 1 aromatic carbocycles. The Morgan fingerprint density at radius 1 is 1.39 bits per heavy atom. The van der Waals surface area contributed by atoms with E-state index in [-0.39, 0.29) is 0 Å². The minimum absolute atomic E-state index is 0.464. The summed E-state index contributed by atoms with van der Waals surface area (Å²) in [7, 11) is 0. The number of anilines is 1. The zero-order valence-corrected chi connectivity index (χ0v) is 12.3. The molecule has 2 rings (SSSR count). The first-order chi connectivity index (χ1) is 8.56. The predicted octanol–water partition coefficient (Wildman–Crippen LogP) is 3.88. The van der Waals surface area contributed by atoms with Gasteiger partial charge in [0.05, 0.1) is 0 Å². The van der Waals surface area contributed by atoms with E-state index < -0.39 is 0 Å². The Balaban J connectivity index is 2.18. The van der Waals surface area contributed by atoms with Gasteiger partial charge in [-0.15, -0.1) is 0 Å². The molecule has 96 valence electrons. The summed E-state index contributed by atoms with van der Waals surface area (Å²) >= 11 is 3.51. The van der Waals surface area contributed by atoms with Gasteiger partial charge >= 0.3 is 6.01 Å². The van der Waals surface area contributed by atoms with E-state index >= 15 is 0 Å². The lowest BCUT2D eigenvalue weighted by atomic mass is 10.1. The van der Waals surface area contributed by atoms with Crippen LogP contribution >= 0.6 is 15.9 Å². The number of benzene rings is 1. The van der Waals surface area contributed by atoms with E-state index in [2.05, 4.69) is 45.2 Å². The molecule has 2 aromatic rings. The molecule has 5 heteroatoms. The number of nitrogens with zero attached hydrogens (tertiary/aromatic N) is 2. The monoisotopic (exact) mass is 309 g/mol. The Morgan fingerprint density at radius 3 is 2.83 bits per heavy atom. The van der Waals surface area contributed by atoms with E-state index in [0.29, 0.717) is 17.8 Å². The fourth-order valence-corrected chi connectivity index (χ4v) is 2.17. The van der Waals surface area contributed by atoms with Gasteiger partial charge in [-0.3, -0.25) is 0 Å². The summed E-state index contributed by atoms with van der Waals surface area (Å²) in [4.78, 5) is 4.32. The maximum Gasteiger partial charge on any atom is 0.321 e. The van der Waals surface area contributed by atoms with Gasteiger partial charge in [0.15, 0.2) is 0 Å². The second kappa shape index (κ2) is 5.52. The smallest absolute Gasteiger partial charge is 0.321 e. The van der Waals surface area contributed by atoms with Crippen LogP contribution in [0.15, 0.2) is 27.2 Å². The van der Waals surface area contributed by atoms with Crippen LogP contribution in [0.3, 0.4) is 0 Å². The SMILES string of the molecule is Cc1ccc(-c2noc(NCC(C)C)n2)c(Br)c1. The number of aromatic nitrogens is 2. The number of hydrogen-bond acceptors (Lipinski definition) is 4. The van der Waals surface area contributed by atoms with Crippen molar-refractivity contribution in [2.24, 2.45) is 5.92 Å². The van der Waals surface area contributed by atoms with Crippen molar-refractivity contribution < 1.29 is 4.52 Å². The molecule has 0 saturated carbocycles. The molecule has 1 N–H and O–H groups in total. The highest BCUT2D eigenvalue weighted by Gasteiger charge is 2.11. The molecule has 0 bridgehead atoms. The van der Waals surface area contributed by atoms with E-state index in [4.69, 9.17) is 4.52 Å². The number of aryl methyl sites for hydroxylation is 1. The number of nitrogens with one attached hydrogen (secondary N) is 1. The average Bonchev–Trinajstić information content (AvgIpc) is 2.75. The molecule has 0 saturated heterocycles. The maximum atomic E-state index is 5.16. The topological polar surface area (TPSA) is 51.0 Å². The average molecular weight is 310 g/mol. The van der Waals surface area contributed by atoms with Gasteiger partial charge in [0.25, 0.3) is 0 Å². The van der Waals surface area contributed by atoms with Gasteiger partial charge in [-0.25, -0.2) is 0 Å². The van der Waals surface area contributed by atoms with Crippen LogP contribution in [-0.2, 0) is 0 Å². The molecule has 0 amide bonds. The summed E-state index contributed by atoms with van der Waals surface area (Å²) < 4.78 is 6.13. The molecular formula is C13H16BrN3O. The van der Waals surface area contributed by atoms with Crippen LogP contribution in [0, 0.1) is 12.8 Å². The minimum atomic E-state index is 0.464. The van der Waals surface area contributed by atoms with Gasteiger partial charge in [0.1, 0.15) is 0 Å². The van der Waals surface area contributed by atoms with Crippen molar-refractivity contribution in [1.29, 1.82) is 0 Å². The molecule has 1 heterocycles. The Bertz CT molecular complexity index is 537. The largest absolute Gasteiger partial charge is 0.337 e. The molecule has 18 heavy (non-hydrogen) atoms. The van der Waals surface area contributed by atoms with E-state index in [0.717, 1.165) is 16.6 Å². The molecule has 0 aliphatic carbocycles. The van der Waals surface area contributed by atoms with Crippen LogP contribution in [-0.4, -0.2) is 16.7 Å². The number of halogens is 1. The molecule has 0 spiro atoms. The van der Waals surface area contributed by atoms with Crippen molar-refractivity contribution in [3.05, 3.63) is 28.2 Å². The highest BCUT2D eigenvalue weighted by atomic mass is 79.9. The van der Waals surface area contributed by atoms with Crippen LogP contribution in [0.4, 0.5) is 6.01 Å². The molecule has 0 unspecified atom stereocenters. The van der Waals surface area contributed by atoms with Gasteiger partial charge in [0.2, 0.25) is 5.82 Å². The first-order valence-corrected chi connectivity index (χ1v) is 6.69. The molecule has 1 aromatic heterocycles. The first kappa shape index (κ1) is 13.1. The normalized spacial score (nSPS) is 10.9. The third kappa shape index (κ3) is 3.10. The second-order valence-corrected chi connectivity index (χ2v) is 5.54. The zero-order valence-electron chi connectivity index (χ0n) is 10.7. The highest BCUT2D eigenvalue weighted by Crippen LogP contribution is 2.27. The lowest BCUT2D eigenvalue weighted by Crippen LogP contribution is -2.07. The molecular weight excluding hydrogens is 294 g/mol. The van der Waals surface area contributed by atoms with Gasteiger partial charge in [-0.1, -0.05) is 41.0 Å². The van der Waals surface area contributed by atoms with Crippen LogP contribution in [0.1, 0.15) is 19.4 Å². The Kier molecular flexibility index (Phi) is 4.01. The van der Waals surface area contributed by atoms with Crippen molar-refractivity contribution in [2.75, 3.05) is 11.9 Å². The molecule has 0 atom stereocenters. The minimum Gasteiger partial charge on any atom is -0.337 e. The number of hydrogen-bond donors (Lipinski definition) is 1. The maximum absolute atomic E-state index is 5.16. The Morgan fingerprint density at radius 2 is 2.17 bits per heavy atom. The van der Waals surface area contributed by atoms with Crippen LogP contribution in [0.25, 0.3) is 11.4 Å². The molecule has 0 fully saturated rings.